The molecule has 6 nitrogen and oxygen atoms in total. The van der Waals surface area contributed by atoms with Gasteiger partial charge in [-0.15, -0.1) is 0 Å². The second-order valence-electron chi connectivity index (χ2n) is 7.40. The summed E-state index contributed by atoms with van der Waals surface area (Å²) in [5.74, 6) is -1.76. The quantitative estimate of drug-likeness (QED) is 0.590. The number of rotatable bonds is 5. The third-order valence-electron chi connectivity index (χ3n) is 5.11. The third kappa shape index (κ3) is 8.89. The first kappa shape index (κ1) is 26.3. The second kappa shape index (κ2) is 12.0. The minimum atomic E-state index is -0.998. The van der Waals surface area contributed by atoms with Gasteiger partial charge in [0.2, 0.25) is 0 Å². The van der Waals surface area contributed by atoms with Crippen molar-refractivity contribution in [1.29, 1.82) is 0 Å². The van der Waals surface area contributed by atoms with E-state index in [1.54, 1.807) is 74.5 Å². The molecule has 0 saturated heterocycles. The highest BCUT2D eigenvalue weighted by atomic mass is 16.4. The Morgan fingerprint density at radius 3 is 1.28 bits per heavy atom. The van der Waals surface area contributed by atoms with Crippen molar-refractivity contribution in [3.8, 4) is 0 Å². The molecule has 160 valence electrons. The molecule has 0 aliphatic heterocycles. The standard InChI is InChI=1S/C9H20O2.2C7H6O2/c1-6-8(3,4)9(5,11)7(2)10;2*8-7(9)6-4-2-1-3-5-6/h7,10-11H,6H2,1-5H3;2*1-5H,(H,8,9). The van der Waals surface area contributed by atoms with Crippen molar-refractivity contribution in [2.24, 2.45) is 5.41 Å². The van der Waals surface area contributed by atoms with Gasteiger partial charge in [-0.3, -0.25) is 0 Å². The molecule has 4 N–H and O–H groups in total. The van der Waals surface area contributed by atoms with Gasteiger partial charge in [0, 0.05) is 0 Å². The van der Waals surface area contributed by atoms with Crippen molar-refractivity contribution in [3.63, 3.8) is 0 Å². The SMILES string of the molecule is CCC(C)(C)C(C)(O)C(C)O.O=C(O)c1ccccc1.O=C(O)c1ccccc1. The Kier molecular flexibility index (Phi) is 10.9. The van der Waals surface area contributed by atoms with Gasteiger partial charge in [0.25, 0.3) is 0 Å². The number of hydrogen-bond donors (Lipinski definition) is 4. The molecule has 0 radical (unpaired) electrons. The molecular weight excluding hydrogens is 372 g/mol. The zero-order valence-electron chi connectivity index (χ0n) is 17.7. The summed E-state index contributed by atoms with van der Waals surface area (Å²) in [6.07, 6.45) is 0.169. The minimum Gasteiger partial charge on any atom is -0.478 e. The summed E-state index contributed by atoms with van der Waals surface area (Å²) in [5.41, 5.74) is -0.571. The molecule has 0 aliphatic rings. The molecule has 2 unspecified atom stereocenters. The molecule has 0 spiro atoms. The number of carbonyl (C=O) groups is 2. The molecule has 0 aliphatic carbocycles. The van der Waals surface area contributed by atoms with Gasteiger partial charge in [-0.05, 0) is 49.9 Å². The van der Waals surface area contributed by atoms with Crippen LogP contribution in [-0.2, 0) is 0 Å². The van der Waals surface area contributed by atoms with Crippen molar-refractivity contribution in [2.75, 3.05) is 0 Å². The van der Waals surface area contributed by atoms with Crippen LogP contribution in [0.15, 0.2) is 60.7 Å². The van der Waals surface area contributed by atoms with E-state index in [0.717, 1.165) is 6.42 Å². The van der Waals surface area contributed by atoms with Crippen LogP contribution in [0.4, 0.5) is 0 Å². The Labute approximate surface area is 172 Å². The summed E-state index contributed by atoms with van der Waals surface area (Å²) in [5, 5.41) is 35.9. The average molecular weight is 405 g/mol. The lowest BCUT2D eigenvalue weighted by molar-refractivity contribution is -0.129. The van der Waals surface area contributed by atoms with E-state index >= 15 is 0 Å². The predicted molar refractivity (Wildman–Crippen MR) is 113 cm³/mol. The monoisotopic (exact) mass is 404 g/mol. The Hall–Kier alpha value is -2.70. The van der Waals surface area contributed by atoms with E-state index in [-0.39, 0.29) is 5.41 Å². The molecular formula is C23H32O6. The fourth-order valence-corrected chi connectivity index (χ4v) is 2.08. The van der Waals surface area contributed by atoms with Crippen LogP contribution in [0.2, 0.25) is 0 Å². The van der Waals surface area contributed by atoms with Crippen LogP contribution in [0, 0.1) is 5.41 Å². The lowest BCUT2D eigenvalue weighted by atomic mass is 9.71. The molecule has 2 atom stereocenters. The highest BCUT2D eigenvalue weighted by Gasteiger charge is 2.41. The number of carboxylic acid groups (broad SMARTS) is 2. The van der Waals surface area contributed by atoms with Crippen molar-refractivity contribution >= 4 is 11.9 Å². The smallest absolute Gasteiger partial charge is 0.335 e. The van der Waals surface area contributed by atoms with Crippen LogP contribution in [0.3, 0.4) is 0 Å². The summed E-state index contributed by atoms with van der Waals surface area (Å²) < 4.78 is 0. The van der Waals surface area contributed by atoms with Crippen LogP contribution in [0.5, 0.6) is 0 Å². The predicted octanol–water partition coefficient (Wildman–Crippen LogP) is 4.32. The van der Waals surface area contributed by atoms with Gasteiger partial charge in [-0.1, -0.05) is 57.2 Å². The zero-order valence-corrected chi connectivity index (χ0v) is 17.7. The largest absolute Gasteiger partial charge is 0.478 e. The van der Waals surface area contributed by atoms with E-state index < -0.39 is 23.6 Å². The Morgan fingerprint density at radius 2 is 1.14 bits per heavy atom. The molecule has 2 aromatic rings. The fourth-order valence-electron chi connectivity index (χ4n) is 2.08. The third-order valence-corrected chi connectivity index (χ3v) is 5.11. The van der Waals surface area contributed by atoms with E-state index in [9.17, 15) is 19.8 Å². The molecule has 2 rings (SSSR count). The molecule has 0 heterocycles. The van der Waals surface area contributed by atoms with Gasteiger partial charge >= 0.3 is 11.9 Å². The average Bonchev–Trinajstić information content (AvgIpc) is 2.70. The van der Waals surface area contributed by atoms with E-state index in [1.807, 2.05) is 20.8 Å². The number of benzene rings is 2. The van der Waals surface area contributed by atoms with Gasteiger partial charge in [-0.2, -0.15) is 0 Å². The van der Waals surface area contributed by atoms with Crippen LogP contribution in [-0.4, -0.2) is 44.1 Å². The first-order chi connectivity index (χ1) is 13.4. The molecule has 0 amide bonds. The highest BCUT2D eigenvalue weighted by molar-refractivity contribution is 5.87. The van der Waals surface area contributed by atoms with Gasteiger partial charge in [-0.25, -0.2) is 9.59 Å². The van der Waals surface area contributed by atoms with Gasteiger partial charge in [0.1, 0.15) is 0 Å². The Balaban J connectivity index is 0.000000408. The first-order valence-electron chi connectivity index (χ1n) is 9.34. The number of carboxylic acids is 2. The molecule has 29 heavy (non-hydrogen) atoms. The van der Waals surface area contributed by atoms with E-state index in [1.165, 1.54) is 0 Å². The topological polar surface area (TPSA) is 115 Å². The van der Waals surface area contributed by atoms with E-state index in [4.69, 9.17) is 10.2 Å². The minimum absolute atomic E-state index is 0.235. The summed E-state index contributed by atoms with van der Waals surface area (Å²) in [7, 11) is 0. The molecule has 6 heteroatoms. The Morgan fingerprint density at radius 1 is 0.828 bits per heavy atom. The molecule has 0 aromatic heterocycles. The summed E-state index contributed by atoms with van der Waals surface area (Å²) in [6.45, 7) is 9.23. The van der Waals surface area contributed by atoms with E-state index in [0.29, 0.717) is 11.1 Å². The first-order valence-corrected chi connectivity index (χ1v) is 9.34. The lowest BCUT2D eigenvalue weighted by Crippen LogP contribution is -2.49. The lowest BCUT2D eigenvalue weighted by Gasteiger charge is -2.41. The van der Waals surface area contributed by atoms with Crippen molar-refractivity contribution in [2.45, 2.75) is 52.7 Å². The van der Waals surface area contributed by atoms with Crippen molar-refractivity contribution in [1.82, 2.24) is 0 Å². The van der Waals surface area contributed by atoms with Crippen molar-refractivity contribution in [3.05, 3.63) is 71.8 Å². The van der Waals surface area contributed by atoms with Crippen molar-refractivity contribution < 1.29 is 30.0 Å². The number of aliphatic hydroxyl groups is 2. The van der Waals surface area contributed by atoms with E-state index in [2.05, 4.69) is 0 Å². The fraction of sp³-hybridized carbons (Fsp3) is 0.391. The van der Waals surface area contributed by atoms with Gasteiger partial charge < -0.3 is 20.4 Å². The van der Waals surface area contributed by atoms with Crippen LogP contribution >= 0.6 is 0 Å². The van der Waals surface area contributed by atoms with Gasteiger partial charge in [0.15, 0.2) is 0 Å². The highest BCUT2D eigenvalue weighted by Crippen LogP contribution is 2.36. The number of aliphatic hydroxyl groups excluding tert-OH is 1. The summed E-state index contributed by atoms with van der Waals surface area (Å²) in [6, 6.07) is 16.6. The summed E-state index contributed by atoms with van der Waals surface area (Å²) in [4.78, 5) is 20.4. The maximum atomic E-state index is 10.2. The molecule has 0 saturated carbocycles. The molecule has 0 fully saturated rings. The molecule has 0 bridgehead atoms. The maximum absolute atomic E-state index is 10.2. The second-order valence-corrected chi connectivity index (χ2v) is 7.40. The molecule has 2 aromatic carbocycles. The summed E-state index contributed by atoms with van der Waals surface area (Å²) >= 11 is 0. The number of aromatic carboxylic acids is 2. The Bertz CT molecular complexity index is 687. The maximum Gasteiger partial charge on any atom is 0.335 e. The number of hydrogen-bond acceptors (Lipinski definition) is 4. The van der Waals surface area contributed by atoms with Crippen LogP contribution < -0.4 is 0 Å². The van der Waals surface area contributed by atoms with Crippen LogP contribution in [0.1, 0.15) is 61.8 Å². The zero-order chi connectivity index (χ0) is 22.7. The van der Waals surface area contributed by atoms with Crippen LogP contribution in [0.25, 0.3) is 0 Å². The van der Waals surface area contributed by atoms with Gasteiger partial charge in [0.05, 0.1) is 22.8 Å². The normalized spacial score (nSPS) is 13.5.